The smallest absolute Gasteiger partial charge is 0.211 e. The molecule has 1 atom stereocenters. The number of benzene rings is 1. The molecule has 0 amide bonds. The molecule has 9 nitrogen and oxygen atoms in total. The maximum atomic E-state index is 9.37. The number of aromatic nitrogens is 1. The lowest BCUT2D eigenvalue weighted by atomic mass is 9.95. The molecule has 0 radical (unpaired) electrons. The highest BCUT2D eigenvalue weighted by molar-refractivity contribution is 5.98. The number of nitrogens with two attached hydrogens (primary N) is 2. The van der Waals surface area contributed by atoms with Crippen LogP contribution in [0.25, 0.3) is 0 Å². The quantitative estimate of drug-likeness (QED) is 0.359. The third-order valence-corrected chi connectivity index (χ3v) is 4.02. The molecular weight excluding hydrogens is 356 g/mol. The summed E-state index contributed by atoms with van der Waals surface area (Å²) < 4.78 is 5.70. The van der Waals surface area contributed by atoms with Gasteiger partial charge in [0.05, 0.1) is 5.69 Å². The molecule has 1 aromatic carbocycles. The molecule has 0 saturated heterocycles. The van der Waals surface area contributed by atoms with Gasteiger partial charge in [-0.05, 0) is 30.2 Å². The SMILES string of the molecule is C=C(C)COc1cccc(C2N=C(NC#N)Nc3nc(N)c(C#N)c(N)c32)c1. The van der Waals surface area contributed by atoms with Crippen LogP contribution >= 0.6 is 0 Å². The van der Waals surface area contributed by atoms with Crippen LogP contribution < -0.4 is 26.8 Å². The molecule has 2 aromatic rings. The number of nitrogens with zero attached hydrogens (tertiary/aromatic N) is 4. The number of nitrogen functional groups attached to an aromatic ring is 2. The first-order valence-electron chi connectivity index (χ1n) is 8.30. The van der Waals surface area contributed by atoms with Gasteiger partial charge in [0.25, 0.3) is 0 Å². The minimum atomic E-state index is -0.610. The number of anilines is 3. The van der Waals surface area contributed by atoms with Crippen molar-refractivity contribution in [3.8, 4) is 18.0 Å². The highest BCUT2D eigenvalue weighted by Crippen LogP contribution is 2.41. The van der Waals surface area contributed by atoms with Gasteiger partial charge in [0.1, 0.15) is 41.7 Å². The van der Waals surface area contributed by atoms with Gasteiger partial charge in [-0.1, -0.05) is 18.7 Å². The van der Waals surface area contributed by atoms with Crippen LogP contribution in [-0.4, -0.2) is 17.6 Å². The number of nitrogens with one attached hydrogen (secondary N) is 2. The van der Waals surface area contributed by atoms with Gasteiger partial charge in [-0.25, -0.2) is 9.98 Å². The molecule has 3 rings (SSSR count). The largest absolute Gasteiger partial charge is 0.489 e. The number of nitriles is 2. The fraction of sp³-hybridized carbons (Fsp3) is 0.158. The second-order valence-electron chi connectivity index (χ2n) is 6.22. The Morgan fingerprint density at radius 3 is 2.86 bits per heavy atom. The second-order valence-corrected chi connectivity index (χ2v) is 6.22. The van der Waals surface area contributed by atoms with Crippen molar-refractivity contribution in [2.45, 2.75) is 13.0 Å². The van der Waals surface area contributed by atoms with E-state index in [1.54, 1.807) is 0 Å². The predicted molar refractivity (Wildman–Crippen MR) is 106 cm³/mol. The van der Waals surface area contributed by atoms with Crippen LogP contribution in [0.3, 0.4) is 0 Å². The van der Waals surface area contributed by atoms with Crippen molar-refractivity contribution < 1.29 is 4.74 Å². The third kappa shape index (κ3) is 3.50. The minimum absolute atomic E-state index is 0.00162. The van der Waals surface area contributed by atoms with E-state index >= 15 is 0 Å². The fourth-order valence-corrected chi connectivity index (χ4v) is 2.80. The van der Waals surface area contributed by atoms with Crippen LogP contribution in [0.5, 0.6) is 5.75 Å². The van der Waals surface area contributed by atoms with Crippen molar-refractivity contribution in [3.05, 3.63) is 53.1 Å². The lowest BCUT2D eigenvalue weighted by Gasteiger charge is -2.26. The monoisotopic (exact) mass is 374 g/mol. The van der Waals surface area contributed by atoms with Crippen molar-refractivity contribution in [1.82, 2.24) is 10.3 Å². The normalized spacial score (nSPS) is 14.5. The Labute approximate surface area is 162 Å². The van der Waals surface area contributed by atoms with E-state index in [9.17, 15) is 5.26 Å². The molecule has 6 N–H and O–H groups in total. The zero-order valence-corrected chi connectivity index (χ0v) is 15.2. The first kappa shape index (κ1) is 18.5. The first-order valence-corrected chi connectivity index (χ1v) is 8.30. The lowest BCUT2D eigenvalue weighted by molar-refractivity contribution is 0.352. The molecule has 1 aliphatic rings. The van der Waals surface area contributed by atoms with Gasteiger partial charge in [-0.15, -0.1) is 0 Å². The van der Waals surface area contributed by atoms with Crippen LogP contribution in [-0.2, 0) is 0 Å². The maximum Gasteiger partial charge on any atom is 0.211 e. The average Bonchev–Trinajstić information content (AvgIpc) is 2.66. The molecule has 9 heteroatoms. The number of hydrogen-bond acceptors (Lipinski definition) is 9. The van der Waals surface area contributed by atoms with E-state index in [0.717, 1.165) is 11.1 Å². The lowest BCUT2D eigenvalue weighted by Crippen LogP contribution is -2.32. The van der Waals surface area contributed by atoms with Crippen molar-refractivity contribution in [1.29, 1.82) is 10.5 Å². The number of aliphatic imine (C=N–C) groups is 1. The molecule has 0 bridgehead atoms. The summed E-state index contributed by atoms with van der Waals surface area (Å²) in [5.41, 5.74) is 14.5. The summed E-state index contributed by atoms with van der Waals surface area (Å²) in [6, 6.07) is 8.67. The summed E-state index contributed by atoms with van der Waals surface area (Å²) in [5, 5.41) is 23.7. The van der Waals surface area contributed by atoms with Gasteiger partial charge in [0, 0.05) is 5.56 Å². The molecule has 1 aliphatic heterocycles. The standard InChI is InChI=1S/C19H18N8O/c1-10(2)8-28-12-5-3-4-11(6-12)16-14-15(22)13(7-20)17(23)26-18(14)27-19(25-16)24-9-21/h3-6,16H,1,8H2,2H3,(H6,22,23,24,25,26,27). The number of ether oxygens (including phenoxy) is 1. The van der Waals surface area contributed by atoms with Crippen molar-refractivity contribution in [2.75, 3.05) is 23.4 Å². The first-order chi connectivity index (χ1) is 13.4. The van der Waals surface area contributed by atoms with Crippen LogP contribution in [0.1, 0.15) is 29.7 Å². The molecule has 1 aromatic heterocycles. The Balaban J connectivity index is 2.13. The molecule has 1 unspecified atom stereocenters. The third-order valence-electron chi connectivity index (χ3n) is 4.02. The highest BCUT2D eigenvalue weighted by Gasteiger charge is 2.29. The maximum absolute atomic E-state index is 9.37. The Morgan fingerprint density at radius 1 is 1.39 bits per heavy atom. The summed E-state index contributed by atoms with van der Waals surface area (Å²) in [5.74, 6) is 1.17. The van der Waals surface area contributed by atoms with Gasteiger partial charge in [-0.2, -0.15) is 10.5 Å². The number of rotatable bonds is 4. The van der Waals surface area contributed by atoms with E-state index in [2.05, 4.69) is 27.2 Å². The molecule has 0 aliphatic carbocycles. The zero-order valence-electron chi connectivity index (χ0n) is 15.2. The van der Waals surface area contributed by atoms with E-state index in [1.807, 2.05) is 43.5 Å². The Kier molecular flexibility index (Phi) is 5.01. The summed E-state index contributed by atoms with van der Waals surface area (Å²) >= 11 is 0. The second kappa shape index (κ2) is 7.56. The van der Waals surface area contributed by atoms with E-state index in [0.29, 0.717) is 23.7 Å². The number of guanidine groups is 1. The van der Waals surface area contributed by atoms with E-state index in [-0.39, 0.29) is 23.0 Å². The molecule has 28 heavy (non-hydrogen) atoms. The summed E-state index contributed by atoms with van der Waals surface area (Å²) in [7, 11) is 0. The molecule has 0 fully saturated rings. The van der Waals surface area contributed by atoms with Gasteiger partial charge in [0.2, 0.25) is 5.96 Å². The molecule has 2 heterocycles. The van der Waals surface area contributed by atoms with E-state index in [1.165, 1.54) is 0 Å². The summed E-state index contributed by atoms with van der Waals surface area (Å²) in [6.45, 7) is 6.08. The highest BCUT2D eigenvalue weighted by atomic mass is 16.5. The topological polar surface area (TPSA) is 158 Å². The summed E-state index contributed by atoms with van der Waals surface area (Å²) in [6.07, 6.45) is 1.82. The van der Waals surface area contributed by atoms with Crippen LogP contribution in [0.4, 0.5) is 17.3 Å². The Hall–Kier alpha value is -4.24. The molecule has 0 saturated carbocycles. The number of fused-ring (bicyclic) bond motifs is 1. The molecule has 0 spiro atoms. The van der Waals surface area contributed by atoms with E-state index < -0.39 is 6.04 Å². The van der Waals surface area contributed by atoms with E-state index in [4.69, 9.17) is 21.5 Å². The molecular formula is C19H18N8O. The number of hydrogen-bond donors (Lipinski definition) is 4. The predicted octanol–water partition coefficient (Wildman–Crippen LogP) is 2.01. The Morgan fingerprint density at radius 2 is 2.18 bits per heavy atom. The van der Waals surface area contributed by atoms with Crippen molar-refractivity contribution >= 4 is 23.3 Å². The number of pyridine rings is 1. The van der Waals surface area contributed by atoms with Gasteiger partial charge < -0.3 is 21.5 Å². The van der Waals surface area contributed by atoms with Crippen LogP contribution in [0.15, 0.2) is 41.4 Å². The summed E-state index contributed by atoms with van der Waals surface area (Å²) in [4.78, 5) is 8.74. The van der Waals surface area contributed by atoms with Crippen LogP contribution in [0.2, 0.25) is 0 Å². The average molecular weight is 374 g/mol. The van der Waals surface area contributed by atoms with Gasteiger partial charge in [0.15, 0.2) is 6.19 Å². The van der Waals surface area contributed by atoms with Crippen molar-refractivity contribution in [3.63, 3.8) is 0 Å². The fourth-order valence-electron chi connectivity index (χ4n) is 2.80. The van der Waals surface area contributed by atoms with Crippen molar-refractivity contribution in [2.24, 2.45) is 4.99 Å². The van der Waals surface area contributed by atoms with Gasteiger partial charge in [-0.3, -0.25) is 5.32 Å². The molecule has 140 valence electrons. The van der Waals surface area contributed by atoms with Crippen LogP contribution in [0, 0.1) is 22.8 Å². The minimum Gasteiger partial charge on any atom is -0.489 e. The van der Waals surface area contributed by atoms with Gasteiger partial charge >= 0.3 is 0 Å². The Bertz CT molecular complexity index is 1060. The zero-order chi connectivity index (χ0) is 20.3.